The van der Waals surface area contributed by atoms with E-state index in [0.717, 1.165) is 12.5 Å². The van der Waals surface area contributed by atoms with Crippen LogP contribution in [0.3, 0.4) is 0 Å². The number of aliphatic hydroxyl groups is 1. The summed E-state index contributed by atoms with van der Waals surface area (Å²) in [6.45, 7) is 0.451. The smallest absolute Gasteiger partial charge is 0.200 e. The molecule has 90 valence electrons. The molecule has 0 saturated heterocycles. The van der Waals surface area contributed by atoms with Crippen molar-refractivity contribution in [3.8, 4) is 5.75 Å². The molecular formula is C11H13BrF2O2. The van der Waals surface area contributed by atoms with Gasteiger partial charge in [0.15, 0.2) is 11.6 Å². The summed E-state index contributed by atoms with van der Waals surface area (Å²) in [5.41, 5.74) is 0. The standard InChI is InChI=1S/C11H13BrF2O2/c12-8-6-9(13)11(14)10(7-8)16-5-3-1-2-4-15/h6-7,15H,1-5H2. The fourth-order valence-corrected chi connectivity index (χ4v) is 1.62. The highest BCUT2D eigenvalue weighted by Gasteiger charge is 2.10. The fraction of sp³-hybridized carbons (Fsp3) is 0.455. The van der Waals surface area contributed by atoms with Crippen LogP contribution in [0.5, 0.6) is 5.75 Å². The Morgan fingerprint density at radius 2 is 1.94 bits per heavy atom. The van der Waals surface area contributed by atoms with E-state index in [1.54, 1.807) is 0 Å². The Kier molecular flexibility index (Phi) is 5.69. The minimum atomic E-state index is -0.967. The third-order valence-electron chi connectivity index (χ3n) is 2.02. The summed E-state index contributed by atoms with van der Waals surface area (Å²) in [6, 6.07) is 2.44. The summed E-state index contributed by atoms with van der Waals surface area (Å²) < 4.78 is 31.7. The molecule has 0 aliphatic rings. The van der Waals surface area contributed by atoms with Crippen LogP contribution in [-0.4, -0.2) is 18.3 Å². The SMILES string of the molecule is OCCCCCOc1cc(Br)cc(F)c1F. The van der Waals surface area contributed by atoms with Gasteiger partial charge in [0, 0.05) is 11.1 Å². The molecule has 0 heterocycles. The Balaban J connectivity index is 2.47. The average Bonchev–Trinajstić information content (AvgIpc) is 2.24. The lowest BCUT2D eigenvalue weighted by molar-refractivity contribution is 0.259. The molecule has 1 aromatic rings. The van der Waals surface area contributed by atoms with Crippen molar-refractivity contribution in [1.29, 1.82) is 0 Å². The molecule has 0 amide bonds. The van der Waals surface area contributed by atoms with Crippen molar-refractivity contribution in [2.45, 2.75) is 19.3 Å². The molecule has 1 rings (SSSR count). The van der Waals surface area contributed by atoms with Gasteiger partial charge in [-0.3, -0.25) is 0 Å². The number of ether oxygens (including phenoxy) is 1. The van der Waals surface area contributed by atoms with Crippen LogP contribution in [0.2, 0.25) is 0 Å². The molecule has 0 unspecified atom stereocenters. The van der Waals surface area contributed by atoms with Crippen molar-refractivity contribution in [3.63, 3.8) is 0 Å². The van der Waals surface area contributed by atoms with Gasteiger partial charge >= 0.3 is 0 Å². The average molecular weight is 295 g/mol. The van der Waals surface area contributed by atoms with Crippen LogP contribution in [0.4, 0.5) is 8.78 Å². The molecular weight excluding hydrogens is 282 g/mol. The second kappa shape index (κ2) is 6.81. The minimum absolute atomic E-state index is 0.0872. The first-order valence-corrected chi connectivity index (χ1v) is 5.82. The van der Waals surface area contributed by atoms with Gasteiger partial charge in [0.2, 0.25) is 5.82 Å². The molecule has 0 aromatic heterocycles. The van der Waals surface area contributed by atoms with Crippen molar-refractivity contribution in [3.05, 3.63) is 28.2 Å². The Bertz CT molecular complexity index is 345. The van der Waals surface area contributed by atoms with Crippen LogP contribution in [0.15, 0.2) is 16.6 Å². The van der Waals surface area contributed by atoms with Gasteiger partial charge in [-0.25, -0.2) is 4.39 Å². The number of unbranched alkanes of at least 4 members (excludes halogenated alkanes) is 2. The third kappa shape index (κ3) is 4.06. The maximum absolute atomic E-state index is 13.2. The lowest BCUT2D eigenvalue weighted by Crippen LogP contribution is -2.01. The first-order valence-electron chi connectivity index (χ1n) is 5.03. The van der Waals surface area contributed by atoms with E-state index in [0.29, 0.717) is 23.9 Å². The first kappa shape index (κ1) is 13.4. The maximum atomic E-state index is 13.2. The van der Waals surface area contributed by atoms with E-state index in [2.05, 4.69) is 15.9 Å². The molecule has 0 radical (unpaired) electrons. The van der Waals surface area contributed by atoms with Gasteiger partial charge in [0.05, 0.1) is 6.61 Å². The topological polar surface area (TPSA) is 29.5 Å². The molecule has 0 bridgehead atoms. The van der Waals surface area contributed by atoms with E-state index >= 15 is 0 Å². The number of rotatable bonds is 6. The molecule has 0 spiro atoms. The van der Waals surface area contributed by atoms with Gasteiger partial charge in [-0.15, -0.1) is 0 Å². The van der Waals surface area contributed by atoms with Crippen LogP contribution >= 0.6 is 15.9 Å². The van der Waals surface area contributed by atoms with Crippen LogP contribution in [0, 0.1) is 11.6 Å². The summed E-state index contributed by atoms with van der Waals surface area (Å²) in [5, 5.41) is 8.54. The van der Waals surface area contributed by atoms with Gasteiger partial charge in [-0.2, -0.15) is 4.39 Å². The predicted octanol–water partition coefficient (Wildman–Crippen LogP) is 3.27. The molecule has 0 saturated carbocycles. The lowest BCUT2D eigenvalue weighted by Gasteiger charge is -2.07. The predicted molar refractivity (Wildman–Crippen MR) is 60.5 cm³/mol. The number of hydrogen-bond acceptors (Lipinski definition) is 2. The Morgan fingerprint density at radius 3 is 2.62 bits per heavy atom. The third-order valence-corrected chi connectivity index (χ3v) is 2.48. The van der Waals surface area contributed by atoms with Crippen LogP contribution < -0.4 is 4.74 Å². The van der Waals surface area contributed by atoms with Crippen molar-refractivity contribution >= 4 is 15.9 Å². The minimum Gasteiger partial charge on any atom is -0.490 e. The molecule has 1 aromatic carbocycles. The highest BCUT2D eigenvalue weighted by molar-refractivity contribution is 9.10. The van der Waals surface area contributed by atoms with Gasteiger partial charge in [0.1, 0.15) is 0 Å². The molecule has 0 atom stereocenters. The molecule has 0 aliphatic heterocycles. The highest BCUT2D eigenvalue weighted by atomic mass is 79.9. The Labute approximate surface area is 101 Å². The van der Waals surface area contributed by atoms with E-state index in [4.69, 9.17) is 9.84 Å². The monoisotopic (exact) mass is 294 g/mol. The Morgan fingerprint density at radius 1 is 1.19 bits per heavy atom. The van der Waals surface area contributed by atoms with Gasteiger partial charge in [0.25, 0.3) is 0 Å². The van der Waals surface area contributed by atoms with Crippen molar-refractivity contribution < 1.29 is 18.6 Å². The quantitative estimate of drug-likeness (QED) is 0.644. The van der Waals surface area contributed by atoms with Crippen LogP contribution in [-0.2, 0) is 0 Å². The number of hydrogen-bond donors (Lipinski definition) is 1. The van der Waals surface area contributed by atoms with Gasteiger partial charge in [-0.05, 0) is 31.4 Å². The molecule has 0 fully saturated rings. The van der Waals surface area contributed by atoms with E-state index in [-0.39, 0.29) is 12.4 Å². The molecule has 16 heavy (non-hydrogen) atoms. The zero-order chi connectivity index (χ0) is 12.0. The van der Waals surface area contributed by atoms with Crippen molar-refractivity contribution in [1.82, 2.24) is 0 Å². The van der Waals surface area contributed by atoms with E-state index in [1.807, 2.05) is 0 Å². The van der Waals surface area contributed by atoms with Crippen molar-refractivity contribution in [2.24, 2.45) is 0 Å². The summed E-state index contributed by atoms with van der Waals surface area (Å²) in [6.07, 6.45) is 2.20. The van der Waals surface area contributed by atoms with E-state index < -0.39 is 11.6 Å². The number of aliphatic hydroxyl groups excluding tert-OH is 1. The number of benzene rings is 1. The molecule has 5 heteroatoms. The zero-order valence-electron chi connectivity index (χ0n) is 8.68. The summed E-state index contributed by atoms with van der Waals surface area (Å²) in [7, 11) is 0. The van der Waals surface area contributed by atoms with E-state index in [1.165, 1.54) is 6.07 Å². The lowest BCUT2D eigenvalue weighted by atomic mass is 10.2. The number of halogens is 3. The second-order valence-corrected chi connectivity index (χ2v) is 4.25. The van der Waals surface area contributed by atoms with Crippen LogP contribution in [0.1, 0.15) is 19.3 Å². The fourth-order valence-electron chi connectivity index (χ4n) is 1.21. The zero-order valence-corrected chi connectivity index (χ0v) is 10.3. The summed E-state index contributed by atoms with van der Waals surface area (Å²) in [5.74, 6) is -1.99. The van der Waals surface area contributed by atoms with Crippen molar-refractivity contribution in [2.75, 3.05) is 13.2 Å². The normalized spacial score (nSPS) is 10.5. The second-order valence-electron chi connectivity index (χ2n) is 3.33. The maximum Gasteiger partial charge on any atom is 0.200 e. The molecule has 1 N–H and O–H groups in total. The molecule has 0 aliphatic carbocycles. The largest absolute Gasteiger partial charge is 0.490 e. The Hall–Kier alpha value is -0.680. The highest BCUT2D eigenvalue weighted by Crippen LogP contribution is 2.25. The van der Waals surface area contributed by atoms with Gasteiger partial charge < -0.3 is 9.84 Å². The van der Waals surface area contributed by atoms with Crippen LogP contribution in [0.25, 0.3) is 0 Å². The summed E-state index contributed by atoms with van der Waals surface area (Å²) in [4.78, 5) is 0. The summed E-state index contributed by atoms with van der Waals surface area (Å²) >= 11 is 3.06. The first-order chi connectivity index (χ1) is 7.65. The molecule has 2 nitrogen and oxygen atoms in total. The van der Waals surface area contributed by atoms with Gasteiger partial charge in [-0.1, -0.05) is 15.9 Å². The van der Waals surface area contributed by atoms with E-state index in [9.17, 15) is 8.78 Å².